The van der Waals surface area contributed by atoms with Crippen LogP contribution in [0.15, 0.2) is 78.9 Å². The molecule has 6 nitrogen and oxygen atoms in total. The predicted octanol–water partition coefficient (Wildman–Crippen LogP) is 6.67. The molecule has 6 heteroatoms. The van der Waals surface area contributed by atoms with Crippen molar-refractivity contribution in [3.63, 3.8) is 0 Å². The molecule has 3 aromatic rings. The molecule has 0 fully saturated rings. The third kappa shape index (κ3) is 8.74. The van der Waals surface area contributed by atoms with E-state index in [1.54, 1.807) is 43.3 Å². The Labute approximate surface area is 207 Å². The highest BCUT2D eigenvalue weighted by molar-refractivity contribution is 5.94. The summed E-state index contributed by atoms with van der Waals surface area (Å²) < 4.78 is 5.44. The first-order valence-corrected chi connectivity index (χ1v) is 11.8. The van der Waals surface area contributed by atoms with Gasteiger partial charge >= 0.3 is 11.9 Å². The van der Waals surface area contributed by atoms with E-state index in [1.807, 2.05) is 63.2 Å². The van der Waals surface area contributed by atoms with Crippen molar-refractivity contribution in [2.75, 3.05) is 5.32 Å². The monoisotopic (exact) mass is 475 g/mol. The second kappa shape index (κ2) is 13.7. The molecule has 0 heterocycles. The van der Waals surface area contributed by atoms with Gasteiger partial charge in [0, 0.05) is 11.6 Å². The minimum atomic E-state index is -0.706. The van der Waals surface area contributed by atoms with Gasteiger partial charge in [-0.3, -0.25) is 9.59 Å². The number of benzene rings is 3. The number of carbonyl (C=O) groups excluding carboxylic acids is 2. The van der Waals surface area contributed by atoms with Gasteiger partial charge in [-0.25, -0.2) is 4.79 Å². The van der Waals surface area contributed by atoms with Crippen LogP contribution in [0, 0.1) is 11.8 Å². The molecule has 0 aliphatic rings. The number of aliphatic carboxylic acids is 1. The van der Waals surface area contributed by atoms with Crippen LogP contribution in [0.5, 0.6) is 5.75 Å². The number of amides is 1. The minimum absolute atomic E-state index is 0.0312. The van der Waals surface area contributed by atoms with E-state index in [-0.39, 0.29) is 17.7 Å². The molecule has 0 aromatic heterocycles. The van der Waals surface area contributed by atoms with Gasteiger partial charge in [-0.1, -0.05) is 70.2 Å². The molecule has 1 amide bonds. The largest absolute Gasteiger partial charge is 0.481 e. The molecule has 0 saturated carbocycles. The highest BCUT2D eigenvalue weighted by Crippen LogP contribution is 2.23. The average molecular weight is 476 g/mol. The summed E-state index contributed by atoms with van der Waals surface area (Å²) in [6.07, 6.45) is 1.49. The Morgan fingerprint density at radius 2 is 1.31 bits per heavy atom. The Kier molecular flexibility index (Phi) is 10.7. The fraction of sp³-hybridized carbons (Fsp3) is 0.276. The predicted molar refractivity (Wildman–Crippen MR) is 138 cm³/mol. The standard InChI is InChI=1S/C24H23NO3.C5H10O2/c1-3-17(2)23(26)25-21-13-9-20(10-14-21)24(27)28-22-15-11-19(12-16-22)18-7-5-4-6-8-18;1-3-4(2)5(6)7/h4-17H,3H2,1-2H3,(H,25,26);4H,3H2,1-2H3,(H,6,7). The fourth-order valence-corrected chi connectivity index (χ4v) is 2.83. The second-order valence-corrected chi connectivity index (χ2v) is 8.30. The normalized spacial score (nSPS) is 11.9. The van der Waals surface area contributed by atoms with Gasteiger partial charge in [0.15, 0.2) is 0 Å². The van der Waals surface area contributed by atoms with Crippen LogP contribution in [0.3, 0.4) is 0 Å². The molecule has 2 unspecified atom stereocenters. The molecule has 3 rings (SSSR count). The lowest BCUT2D eigenvalue weighted by Gasteiger charge is -2.10. The van der Waals surface area contributed by atoms with Crippen molar-refractivity contribution in [3.05, 3.63) is 84.4 Å². The zero-order valence-electron chi connectivity index (χ0n) is 20.7. The summed E-state index contributed by atoms with van der Waals surface area (Å²) in [5, 5.41) is 11.0. The number of hydrogen-bond acceptors (Lipinski definition) is 4. The Morgan fingerprint density at radius 3 is 1.80 bits per heavy atom. The molecule has 0 aliphatic heterocycles. The van der Waals surface area contributed by atoms with Crippen LogP contribution >= 0.6 is 0 Å². The molecule has 184 valence electrons. The van der Waals surface area contributed by atoms with Crippen LogP contribution in [0.25, 0.3) is 11.1 Å². The number of carboxylic acids is 1. The van der Waals surface area contributed by atoms with E-state index < -0.39 is 11.9 Å². The number of rotatable bonds is 8. The zero-order chi connectivity index (χ0) is 25.8. The van der Waals surface area contributed by atoms with Gasteiger partial charge in [0.25, 0.3) is 0 Å². The Hall–Kier alpha value is -3.93. The van der Waals surface area contributed by atoms with E-state index in [9.17, 15) is 14.4 Å². The molecule has 0 radical (unpaired) electrons. The summed E-state index contributed by atoms with van der Waals surface area (Å²) in [5.41, 5.74) is 3.25. The molecule has 0 saturated heterocycles. The van der Waals surface area contributed by atoms with E-state index in [1.165, 1.54) is 0 Å². The Balaban J connectivity index is 0.000000540. The maximum atomic E-state index is 12.3. The van der Waals surface area contributed by atoms with E-state index >= 15 is 0 Å². The van der Waals surface area contributed by atoms with E-state index in [0.717, 1.165) is 24.0 Å². The Morgan fingerprint density at radius 1 is 0.771 bits per heavy atom. The molecule has 35 heavy (non-hydrogen) atoms. The molecule has 0 bridgehead atoms. The van der Waals surface area contributed by atoms with Gasteiger partial charge in [0.1, 0.15) is 5.75 Å². The number of nitrogens with one attached hydrogen (secondary N) is 1. The number of carbonyl (C=O) groups is 3. The third-order valence-electron chi connectivity index (χ3n) is 5.65. The molecule has 0 aliphatic carbocycles. The molecule has 2 atom stereocenters. The summed E-state index contributed by atoms with van der Waals surface area (Å²) >= 11 is 0. The van der Waals surface area contributed by atoms with Gasteiger partial charge < -0.3 is 15.2 Å². The zero-order valence-corrected chi connectivity index (χ0v) is 20.7. The van der Waals surface area contributed by atoms with Crippen LogP contribution < -0.4 is 10.1 Å². The maximum absolute atomic E-state index is 12.3. The summed E-state index contributed by atoms with van der Waals surface area (Å²) in [6, 6.07) is 24.1. The van der Waals surface area contributed by atoms with E-state index in [4.69, 9.17) is 9.84 Å². The smallest absolute Gasteiger partial charge is 0.343 e. The van der Waals surface area contributed by atoms with Crippen LogP contribution in [0.4, 0.5) is 5.69 Å². The number of anilines is 1. The van der Waals surface area contributed by atoms with Crippen LogP contribution in [-0.2, 0) is 9.59 Å². The lowest BCUT2D eigenvalue weighted by Crippen LogP contribution is -2.19. The maximum Gasteiger partial charge on any atom is 0.343 e. The summed E-state index contributed by atoms with van der Waals surface area (Å²) in [5.74, 6) is -0.923. The number of hydrogen-bond donors (Lipinski definition) is 2. The summed E-state index contributed by atoms with van der Waals surface area (Å²) in [6.45, 7) is 7.40. The summed E-state index contributed by atoms with van der Waals surface area (Å²) in [4.78, 5) is 34.2. The van der Waals surface area contributed by atoms with Crippen molar-refractivity contribution in [2.24, 2.45) is 11.8 Å². The number of esters is 1. The van der Waals surface area contributed by atoms with Crippen LogP contribution in [0.1, 0.15) is 50.9 Å². The third-order valence-corrected chi connectivity index (χ3v) is 5.65. The number of ether oxygens (including phenoxy) is 1. The van der Waals surface area contributed by atoms with E-state index in [2.05, 4.69) is 5.32 Å². The average Bonchev–Trinajstić information content (AvgIpc) is 2.89. The fourth-order valence-electron chi connectivity index (χ4n) is 2.83. The lowest BCUT2D eigenvalue weighted by molar-refractivity contribution is -0.141. The molecule has 3 aromatic carbocycles. The number of carboxylic acid groups (broad SMARTS) is 1. The van der Waals surface area contributed by atoms with Crippen molar-refractivity contribution in [2.45, 2.75) is 40.5 Å². The van der Waals surface area contributed by atoms with Gasteiger partial charge in [-0.05, 0) is 60.4 Å². The minimum Gasteiger partial charge on any atom is -0.481 e. The SMILES string of the molecule is CCC(C)C(=O)Nc1ccc(C(=O)Oc2ccc(-c3ccccc3)cc2)cc1.CCC(C)C(=O)O. The topological polar surface area (TPSA) is 92.7 Å². The van der Waals surface area contributed by atoms with Gasteiger partial charge in [-0.15, -0.1) is 0 Å². The van der Waals surface area contributed by atoms with Crippen molar-refractivity contribution >= 4 is 23.5 Å². The summed E-state index contributed by atoms with van der Waals surface area (Å²) in [7, 11) is 0. The highest BCUT2D eigenvalue weighted by atomic mass is 16.5. The van der Waals surface area contributed by atoms with Gasteiger partial charge in [0.2, 0.25) is 5.91 Å². The first kappa shape index (κ1) is 27.3. The second-order valence-electron chi connectivity index (χ2n) is 8.30. The first-order chi connectivity index (χ1) is 16.7. The molecule has 2 N–H and O–H groups in total. The van der Waals surface area contributed by atoms with Crippen LogP contribution in [0.2, 0.25) is 0 Å². The molecular weight excluding hydrogens is 442 g/mol. The van der Waals surface area contributed by atoms with Crippen molar-refractivity contribution in [1.29, 1.82) is 0 Å². The van der Waals surface area contributed by atoms with E-state index in [0.29, 0.717) is 17.0 Å². The van der Waals surface area contributed by atoms with Crippen molar-refractivity contribution < 1.29 is 24.2 Å². The molecular formula is C29H33NO5. The Bertz CT molecular complexity index is 1090. The van der Waals surface area contributed by atoms with Crippen molar-refractivity contribution in [3.8, 4) is 16.9 Å². The lowest BCUT2D eigenvalue weighted by atomic mass is 10.1. The quantitative estimate of drug-likeness (QED) is 0.280. The molecule has 0 spiro atoms. The van der Waals surface area contributed by atoms with Crippen LogP contribution in [-0.4, -0.2) is 23.0 Å². The highest BCUT2D eigenvalue weighted by Gasteiger charge is 2.12. The first-order valence-electron chi connectivity index (χ1n) is 11.8. The van der Waals surface area contributed by atoms with Gasteiger partial charge in [0.05, 0.1) is 11.5 Å². The van der Waals surface area contributed by atoms with Gasteiger partial charge in [-0.2, -0.15) is 0 Å². The van der Waals surface area contributed by atoms with Crippen molar-refractivity contribution in [1.82, 2.24) is 0 Å².